The van der Waals surface area contributed by atoms with E-state index in [9.17, 15) is 9.50 Å². The molecule has 0 bridgehead atoms. The minimum atomic E-state index is -0.274. The van der Waals surface area contributed by atoms with Crippen molar-refractivity contribution in [3.8, 4) is 5.75 Å². The number of benzene rings is 1. The average Bonchev–Trinajstić information content (AvgIpc) is 2.30. The van der Waals surface area contributed by atoms with Crippen LogP contribution in [0.3, 0.4) is 0 Å². The maximum absolute atomic E-state index is 13.7. The quantitative estimate of drug-likeness (QED) is 0.823. The Morgan fingerprint density at radius 1 is 1.47 bits per heavy atom. The van der Waals surface area contributed by atoms with Crippen LogP contribution in [-0.4, -0.2) is 24.4 Å². The summed E-state index contributed by atoms with van der Waals surface area (Å²) in [7, 11) is 1.52. The number of hydrogen-bond donors (Lipinski definition) is 2. The van der Waals surface area contributed by atoms with Gasteiger partial charge in [0.05, 0.1) is 13.7 Å². The topological polar surface area (TPSA) is 41.5 Å². The predicted molar refractivity (Wildman–Crippen MR) is 63.5 cm³/mol. The lowest BCUT2D eigenvalue weighted by atomic mass is 9.77. The van der Waals surface area contributed by atoms with Crippen molar-refractivity contribution >= 4 is 0 Å². The molecule has 1 aromatic rings. The van der Waals surface area contributed by atoms with Gasteiger partial charge in [-0.1, -0.05) is 6.07 Å². The second-order valence-corrected chi connectivity index (χ2v) is 4.60. The monoisotopic (exact) mass is 239 g/mol. The maximum Gasteiger partial charge on any atom is 0.131 e. The van der Waals surface area contributed by atoms with Crippen LogP contribution in [0.4, 0.5) is 4.39 Å². The Morgan fingerprint density at radius 3 is 2.71 bits per heavy atom. The molecule has 0 unspecified atom stereocenters. The van der Waals surface area contributed by atoms with Crippen molar-refractivity contribution < 1.29 is 14.2 Å². The molecule has 1 fully saturated rings. The molecule has 0 atom stereocenters. The third-order valence-electron chi connectivity index (χ3n) is 3.53. The lowest BCUT2D eigenvalue weighted by Crippen LogP contribution is -2.53. The maximum atomic E-state index is 13.7. The van der Waals surface area contributed by atoms with E-state index in [-0.39, 0.29) is 18.0 Å². The molecule has 1 aliphatic carbocycles. The van der Waals surface area contributed by atoms with Gasteiger partial charge in [0.25, 0.3) is 0 Å². The average molecular weight is 239 g/mol. The molecule has 4 heteroatoms. The number of aliphatic hydroxyl groups excluding tert-OH is 1. The van der Waals surface area contributed by atoms with Crippen LogP contribution in [-0.2, 0) is 6.54 Å². The first-order chi connectivity index (χ1) is 8.19. The summed E-state index contributed by atoms with van der Waals surface area (Å²) < 4.78 is 18.6. The molecular formula is C13H18FNO2. The van der Waals surface area contributed by atoms with Crippen LogP contribution in [0, 0.1) is 5.82 Å². The Morgan fingerprint density at radius 2 is 2.24 bits per heavy atom. The summed E-state index contributed by atoms with van der Waals surface area (Å²) in [5.41, 5.74) is 0.414. The van der Waals surface area contributed by atoms with Gasteiger partial charge in [-0.15, -0.1) is 0 Å². The van der Waals surface area contributed by atoms with Gasteiger partial charge in [0.1, 0.15) is 11.6 Å². The van der Waals surface area contributed by atoms with Crippen molar-refractivity contribution in [1.82, 2.24) is 5.32 Å². The van der Waals surface area contributed by atoms with Crippen LogP contribution in [0.1, 0.15) is 24.8 Å². The van der Waals surface area contributed by atoms with Crippen LogP contribution < -0.4 is 10.1 Å². The van der Waals surface area contributed by atoms with Crippen molar-refractivity contribution in [2.24, 2.45) is 0 Å². The van der Waals surface area contributed by atoms with E-state index in [1.165, 1.54) is 13.2 Å². The Kier molecular flexibility index (Phi) is 3.64. The molecule has 0 heterocycles. The number of nitrogens with one attached hydrogen (secondary N) is 1. The zero-order valence-corrected chi connectivity index (χ0v) is 10.0. The van der Waals surface area contributed by atoms with Crippen molar-refractivity contribution in [3.05, 3.63) is 29.6 Å². The summed E-state index contributed by atoms with van der Waals surface area (Å²) in [6.07, 6.45) is 3.04. The molecule has 0 aromatic heterocycles. The normalized spacial score (nSPS) is 17.6. The van der Waals surface area contributed by atoms with Crippen LogP contribution in [0.2, 0.25) is 0 Å². The zero-order chi connectivity index (χ0) is 12.3. The highest BCUT2D eigenvalue weighted by atomic mass is 19.1. The number of aliphatic hydroxyl groups is 1. The fourth-order valence-corrected chi connectivity index (χ4v) is 2.08. The van der Waals surface area contributed by atoms with Gasteiger partial charge in [0.2, 0.25) is 0 Å². The molecule has 0 amide bonds. The highest BCUT2D eigenvalue weighted by Crippen LogP contribution is 2.31. The standard InChI is InChI=1S/C13H18FNO2/c1-17-11-4-3-10(12(14)7-11)8-15-13(9-16)5-2-6-13/h3-4,7,15-16H,2,5-6,8-9H2,1H3. The first-order valence-electron chi connectivity index (χ1n) is 5.87. The molecule has 0 saturated heterocycles. The van der Waals surface area contributed by atoms with Gasteiger partial charge in [-0.2, -0.15) is 0 Å². The largest absolute Gasteiger partial charge is 0.497 e. The molecule has 1 saturated carbocycles. The van der Waals surface area contributed by atoms with E-state index >= 15 is 0 Å². The molecule has 0 radical (unpaired) electrons. The smallest absolute Gasteiger partial charge is 0.131 e. The molecule has 2 N–H and O–H groups in total. The lowest BCUT2D eigenvalue weighted by molar-refractivity contribution is 0.0869. The van der Waals surface area contributed by atoms with Crippen LogP contribution in [0.15, 0.2) is 18.2 Å². The molecule has 0 aliphatic heterocycles. The molecule has 3 nitrogen and oxygen atoms in total. The van der Waals surface area contributed by atoms with Crippen LogP contribution in [0.25, 0.3) is 0 Å². The fourth-order valence-electron chi connectivity index (χ4n) is 2.08. The summed E-state index contributed by atoms with van der Waals surface area (Å²) in [6.45, 7) is 0.557. The second kappa shape index (κ2) is 5.02. The van der Waals surface area contributed by atoms with E-state index in [0.29, 0.717) is 17.9 Å². The van der Waals surface area contributed by atoms with Crippen LogP contribution >= 0.6 is 0 Å². The summed E-state index contributed by atoms with van der Waals surface area (Å²) in [5.74, 6) is 0.246. The Hall–Kier alpha value is -1.13. The van der Waals surface area contributed by atoms with E-state index in [0.717, 1.165) is 19.3 Å². The van der Waals surface area contributed by atoms with E-state index in [1.54, 1.807) is 12.1 Å². The van der Waals surface area contributed by atoms with Gasteiger partial charge in [-0.3, -0.25) is 0 Å². The van der Waals surface area contributed by atoms with Gasteiger partial charge >= 0.3 is 0 Å². The molecule has 1 aromatic carbocycles. The first-order valence-corrected chi connectivity index (χ1v) is 5.87. The molecule has 17 heavy (non-hydrogen) atoms. The first kappa shape index (κ1) is 12.3. The second-order valence-electron chi connectivity index (χ2n) is 4.60. The van der Waals surface area contributed by atoms with Crippen molar-refractivity contribution in [2.75, 3.05) is 13.7 Å². The number of ether oxygens (including phenoxy) is 1. The Labute approximate surface area is 101 Å². The highest BCUT2D eigenvalue weighted by molar-refractivity contribution is 5.29. The Bertz CT molecular complexity index is 385. The van der Waals surface area contributed by atoms with Crippen LogP contribution in [0.5, 0.6) is 5.75 Å². The predicted octanol–water partition coefficient (Wildman–Crippen LogP) is 1.84. The third kappa shape index (κ3) is 2.58. The van der Waals surface area contributed by atoms with Gasteiger partial charge in [0, 0.05) is 23.7 Å². The molecule has 94 valence electrons. The lowest BCUT2D eigenvalue weighted by Gasteiger charge is -2.41. The summed E-state index contributed by atoms with van der Waals surface area (Å²) in [6, 6.07) is 4.83. The van der Waals surface area contributed by atoms with Gasteiger partial charge < -0.3 is 15.2 Å². The molecule has 0 spiro atoms. The SMILES string of the molecule is COc1ccc(CNC2(CO)CCC2)c(F)c1. The minimum absolute atomic E-state index is 0.116. The zero-order valence-electron chi connectivity index (χ0n) is 10.0. The number of methoxy groups -OCH3 is 1. The van der Waals surface area contributed by atoms with Crippen molar-refractivity contribution in [2.45, 2.75) is 31.3 Å². The van der Waals surface area contributed by atoms with Crippen molar-refractivity contribution in [3.63, 3.8) is 0 Å². The summed E-state index contributed by atoms with van der Waals surface area (Å²) >= 11 is 0. The number of halogens is 1. The van der Waals surface area contributed by atoms with Crippen molar-refractivity contribution in [1.29, 1.82) is 0 Å². The molecule has 1 aliphatic rings. The van der Waals surface area contributed by atoms with E-state index in [1.807, 2.05) is 0 Å². The fraction of sp³-hybridized carbons (Fsp3) is 0.538. The molecular weight excluding hydrogens is 221 g/mol. The highest BCUT2D eigenvalue weighted by Gasteiger charge is 2.35. The number of rotatable bonds is 5. The van der Waals surface area contributed by atoms with E-state index < -0.39 is 0 Å². The molecule has 2 rings (SSSR count). The van der Waals surface area contributed by atoms with E-state index in [4.69, 9.17) is 4.74 Å². The summed E-state index contributed by atoms with van der Waals surface area (Å²) in [5, 5.41) is 12.5. The summed E-state index contributed by atoms with van der Waals surface area (Å²) in [4.78, 5) is 0. The van der Waals surface area contributed by atoms with Gasteiger partial charge in [-0.25, -0.2) is 4.39 Å². The van der Waals surface area contributed by atoms with Gasteiger partial charge in [0.15, 0.2) is 0 Å². The van der Waals surface area contributed by atoms with Gasteiger partial charge in [-0.05, 0) is 25.3 Å². The van der Waals surface area contributed by atoms with E-state index in [2.05, 4.69) is 5.32 Å². The minimum Gasteiger partial charge on any atom is -0.497 e. The number of hydrogen-bond acceptors (Lipinski definition) is 3. The third-order valence-corrected chi connectivity index (χ3v) is 3.53. The Balaban J connectivity index is 1.99.